The fraction of sp³-hybridized carbons (Fsp3) is 0.696. The van der Waals surface area contributed by atoms with Crippen LogP contribution in [0.4, 0.5) is 13.2 Å². The summed E-state index contributed by atoms with van der Waals surface area (Å²) in [4.78, 5) is 68.5. The van der Waals surface area contributed by atoms with E-state index in [-0.39, 0.29) is 31.9 Å². The Hall–Kier alpha value is -2.59. The molecule has 1 amide bonds. The van der Waals surface area contributed by atoms with Crippen LogP contribution in [0.25, 0.3) is 0 Å². The Balaban J connectivity index is 1.56. The van der Waals surface area contributed by atoms with Crippen molar-refractivity contribution in [1.29, 1.82) is 0 Å². The van der Waals surface area contributed by atoms with E-state index in [9.17, 15) is 46.1 Å². The molecule has 5 atom stereocenters. The van der Waals surface area contributed by atoms with Gasteiger partial charge in [0, 0.05) is 31.3 Å². The molecule has 0 saturated carbocycles. The second-order valence-corrected chi connectivity index (χ2v) is 15.5. The van der Waals surface area contributed by atoms with Gasteiger partial charge in [-0.05, 0) is 19.8 Å². The molecule has 284 valence electrons. The maximum atomic E-state index is 13.5. The number of hydrogen-bond donors (Lipinski definition) is 5. The molecule has 5 N–H and O–H groups in total. The summed E-state index contributed by atoms with van der Waals surface area (Å²) in [5.41, 5.74) is -1.27. The Bertz CT molecular complexity index is 1670. The van der Waals surface area contributed by atoms with Crippen molar-refractivity contribution in [3.05, 3.63) is 45.3 Å². The summed E-state index contributed by atoms with van der Waals surface area (Å²) in [6.07, 6.45) is -1.46. The molecule has 3 heterocycles. The molecule has 1 saturated heterocycles. The largest absolute Gasteiger partial charge is 0.489 e. The molecule has 0 radical (unpaired) electrons. The zero-order valence-corrected chi connectivity index (χ0v) is 28.9. The number of carbonyl (C=O) groups is 1. The fourth-order valence-corrected chi connectivity index (χ4v) is 8.23. The van der Waals surface area contributed by atoms with E-state index in [1.807, 2.05) is 0 Å². The summed E-state index contributed by atoms with van der Waals surface area (Å²) in [7, 11) is -16.4. The number of aryl methyl sites for hydroxylation is 1. The van der Waals surface area contributed by atoms with Crippen molar-refractivity contribution in [3.63, 3.8) is 0 Å². The van der Waals surface area contributed by atoms with Gasteiger partial charge in [0.15, 0.2) is 0 Å². The van der Waals surface area contributed by atoms with E-state index in [1.165, 1.54) is 13.1 Å². The molecule has 0 aromatic carbocycles. The number of halogens is 3. The van der Waals surface area contributed by atoms with Crippen molar-refractivity contribution in [2.45, 2.75) is 76.5 Å². The maximum Gasteiger partial charge on any atom is 0.489 e. The first-order valence-electron chi connectivity index (χ1n) is 14.7. The topological polar surface area (TPSA) is 282 Å². The smallest absolute Gasteiger partial charge is 0.355 e. The van der Waals surface area contributed by atoms with E-state index < -0.39 is 71.8 Å². The van der Waals surface area contributed by atoms with Crippen molar-refractivity contribution in [3.8, 4) is 0 Å². The number of phosphoric acid groups is 2. The normalized spacial score (nSPS) is 20.7. The number of carbonyl (C=O) groups excluding carboxylic acids is 1. The molecular formula is C23H36F3N6O15P3. The third-order valence-corrected chi connectivity index (χ3v) is 11.2. The highest BCUT2D eigenvalue weighted by molar-refractivity contribution is 7.67. The maximum absolute atomic E-state index is 13.5. The molecule has 2 aromatic heterocycles. The summed E-state index contributed by atoms with van der Waals surface area (Å²) < 4.78 is 106. The molecule has 1 aliphatic rings. The second kappa shape index (κ2) is 18.3. The van der Waals surface area contributed by atoms with Crippen LogP contribution in [0, 0.1) is 6.92 Å². The van der Waals surface area contributed by atoms with Gasteiger partial charge in [0.2, 0.25) is 0 Å². The Labute approximate surface area is 280 Å². The van der Waals surface area contributed by atoms with Gasteiger partial charge < -0.3 is 34.2 Å². The molecule has 2 aromatic rings. The van der Waals surface area contributed by atoms with Crippen LogP contribution in [0.5, 0.6) is 0 Å². The molecule has 0 bridgehead atoms. The van der Waals surface area contributed by atoms with Crippen molar-refractivity contribution < 1.29 is 73.7 Å². The standard InChI is InChI=1S/C23H36F3N6O15P3/c1-16-11-31(22(35)30-20(16)33)19-10-17(43-15-42-9-7-5-3-2-4-6-8-28-21(34)23(24,25)26)18(45-19)12-44-48(36,32-14-27-13-29-32)46-50(40,41)47-49(37,38)39/h11,13-14,17-19H,2-10,12,15H2,1H3,(H,28,34)(H,40,41)(H,30,33,35)(H2,37,38,39)/t17-,18+,19+,48?/m0/s1. The van der Waals surface area contributed by atoms with E-state index in [4.69, 9.17) is 28.5 Å². The highest BCUT2D eigenvalue weighted by atomic mass is 31.3. The third-order valence-electron chi connectivity index (χ3n) is 6.74. The van der Waals surface area contributed by atoms with E-state index >= 15 is 0 Å². The molecule has 0 spiro atoms. The number of aromatic nitrogens is 5. The Morgan fingerprint density at radius 2 is 1.78 bits per heavy atom. The van der Waals surface area contributed by atoms with Gasteiger partial charge in [-0.25, -0.2) is 23.5 Å². The minimum absolute atomic E-state index is 0.0412. The molecule has 27 heteroatoms. The summed E-state index contributed by atoms with van der Waals surface area (Å²) >= 11 is 0. The van der Waals surface area contributed by atoms with E-state index in [0.717, 1.165) is 36.5 Å². The lowest BCUT2D eigenvalue weighted by molar-refractivity contribution is -0.173. The number of nitrogens with zero attached hydrogens (tertiary/aromatic N) is 4. The zero-order valence-electron chi connectivity index (χ0n) is 26.2. The number of rotatable bonds is 21. The molecule has 1 aliphatic heterocycles. The molecule has 3 rings (SSSR count). The van der Waals surface area contributed by atoms with Gasteiger partial charge in [0.05, 0.1) is 12.7 Å². The van der Waals surface area contributed by atoms with Gasteiger partial charge in [0.1, 0.15) is 31.8 Å². The first-order chi connectivity index (χ1) is 23.3. The van der Waals surface area contributed by atoms with Crippen molar-refractivity contribution in [2.75, 3.05) is 26.6 Å². The number of amides is 1. The highest BCUT2D eigenvalue weighted by Gasteiger charge is 2.46. The quantitative estimate of drug-likeness (QED) is 0.0687. The van der Waals surface area contributed by atoms with Crippen LogP contribution in [0.2, 0.25) is 0 Å². The van der Waals surface area contributed by atoms with Crippen LogP contribution in [-0.2, 0) is 45.8 Å². The lowest BCUT2D eigenvalue weighted by Gasteiger charge is -2.23. The molecule has 2 unspecified atom stereocenters. The van der Waals surface area contributed by atoms with Gasteiger partial charge in [-0.2, -0.15) is 26.2 Å². The molecular weight excluding hydrogens is 750 g/mol. The number of nitrogens with one attached hydrogen (secondary N) is 2. The van der Waals surface area contributed by atoms with Crippen LogP contribution >= 0.6 is 23.4 Å². The Morgan fingerprint density at radius 1 is 1.10 bits per heavy atom. The number of alkyl halides is 3. The van der Waals surface area contributed by atoms with E-state index in [0.29, 0.717) is 23.7 Å². The lowest BCUT2D eigenvalue weighted by Crippen LogP contribution is -2.37. The van der Waals surface area contributed by atoms with E-state index in [2.05, 4.69) is 23.7 Å². The van der Waals surface area contributed by atoms with Crippen LogP contribution in [0.3, 0.4) is 0 Å². The minimum Gasteiger partial charge on any atom is -0.355 e. The van der Waals surface area contributed by atoms with Crippen LogP contribution in [0.1, 0.15) is 56.7 Å². The SMILES string of the molecule is Cc1cn([C@H]2C[C@H](OCOCCCCCCCCNC(=O)C(F)(F)F)[C@@H](COP(=O)(OP(=O)(O)OP(=O)(O)O)n3cncn3)O2)c(=O)[nH]c1=O. The Kier molecular flexibility index (Phi) is 15.3. The van der Waals surface area contributed by atoms with Gasteiger partial charge in [-0.1, -0.05) is 25.7 Å². The second-order valence-electron chi connectivity index (χ2n) is 10.7. The number of unbranched alkanes of at least 4 members (excludes halogenated alkanes) is 5. The molecule has 1 fully saturated rings. The van der Waals surface area contributed by atoms with Crippen molar-refractivity contribution in [1.82, 2.24) is 29.4 Å². The first-order valence-corrected chi connectivity index (χ1v) is 19.2. The number of H-pyrrole nitrogens is 1. The fourth-order valence-electron chi connectivity index (χ4n) is 4.43. The summed E-state index contributed by atoms with van der Waals surface area (Å²) in [5.74, 6) is -1.97. The van der Waals surface area contributed by atoms with Crippen LogP contribution < -0.4 is 16.6 Å². The lowest BCUT2D eigenvalue weighted by atomic mass is 10.1. The minimum atomic E-state index is -5.74. The monoisotopic (exact) mass is 786 g/mol. The predicted octanol–water partition coefficient (Wildman–Crippen LogP) is 2.00. The zero-order chi connectivity index (χ0) is 37.2. The molecule has 21 nitrogen and oxygen atoms in total. The number of hydrogen-bond acceptors (Lipinski definition) is 14. The summed E-state index contributed by atoms with van der Waals surface area (Å²) in [6, 6.07) is 0. The number of aromatic amines is 1. The van der Waals surface area contributed by atoms with Gasteiger partial charge >= 0.3 is 41.2 Å². The first kappa shape index (κ1) is 41.8. The number of ether oxygens (including phenoxy) is 3. The summed E-state index contributed by atoms with van der Waals surface area (Å²) in [5, 5.41) is 5.34. The van der Waals surface area contributed by atoms with Crippen molar-refractivity contribution >= 4 is 29.3 Å². The predicted molar refractivity (Wildman–Crippen MR) is 160 cm³/mol. The highest BCUT2D eigenvalue weighted by Crippen LogP contribution is 2.68. The van der Waals surface area contributed by atoms with Gasteiger partial charge in [0.25, 0.3) is 5.56 Å². The molecule has 0 aliphatic carbocycles. The Morgan fingerprint density at radius 3 is 2.42 bits per heavy atom. The van der Waals surface area contributed by atoms with Crippen molar-refractivity contribution in [2.24, 2.45) is 0 Å². The van der Waals surface area contributed by atoms with E-state index in [1.54, 1.807) is 5.32 Å². The van der Waals surface area contributed by atoms with Crippen LogP contribution in [-0.4, -0.2) is 89.6 Å². The van der Waals surface area contributed by atoms with Gasteiger partial charge in [-0.3, -0.25) is 23.7 Å². The third kappa shape index (κ3) is 13.5. The summed E-state index contributed by atoms with van der Waals surface area (Å²) in [6.45, 7) is 0.577. The van der Waals surface area contributed by atoms with Gasteiger partial charge in [-0.15, -0.1) is 5.10 Å². The molecule has 50 heavy (non-hydrogen) atoms. The average molecular weight is 786 g/mol. The average Bonchev–Trinajstić information content (AvgIpc) is 3.68. The van der Waals surface area contributed by atoms with Crippen LogP contribution in [0.15, 0.2) is 28.4 Å².